The highest BCUT2D eigenvalue weighted by atomic mass is 16.5. The number of benzene rings is 2. The van der Waals surface area contributed by atoms with Gasteiger partial charge < -0.3 is 19.7 Å². The van der Waals surface area contributed by atoms with Crippen LogP contribution in [0.15, 0.2) is 48.5 Å². The highest BCUT2D eigenvalue weighted by molar-refractivity contribution is 6.08. The lowest BCUT2D eigenvalue weighted by molar-refractivity contribution is -0.150. The molecular formula is C26H29N3O6. The highest BCUT2D eigenvalue weighted by Crippen LogP contribution is 2.39. The molecule has 0 aromatic heterocycles. The van der Waals surface area contributed by atoms with Crippen LogP contribution in [0.3, 0.4) is 0 Å². The van der Waals surface area contributed by atoms with Crippen molar-refractivity contribution in [3.8, 4) is 11.5 Å². The van der Waals surface area contributed by atoms with Gasteiger partial charge in [0.1, 0.15) is 17.8 Å². The molecule has 2 aliphatic rings. The van der Waals surface area contributed by atoms with Gasteiger partial charge in [0.2, 0.25) is 0 Å². The Kier molecular flexibility index (Phi) is 7.04. The van der Waals surface area contributed by atoms with E-state index in [1.165, 1.54) is 4.90 Å². The third-order valence-electron chi connectivity index (χ3n) is 6.55. The van der Waals surface area contributed by atoms with Crippen molar-refractivity contribution in [3.63, 3.8) is 0 Å². The van der Waals surface area contributed by atoms with Gasteiger partial charge in [-0.2, -0.15) is 0 Å². The molecule has 9 heteroatoms. The summed E-state index contributed by atoms with van der Waals surface area (Å²) < 4.78 is 10.9. The Labute approximate surface area is 204 Å². The first-order chi connectivity index (χ1) is 16.8. The van der Waals surface area contributed by atoms with Crippen molar-refractivity contribution in [2.24, 2.45) is 0 Å². The molecule has 1 aliphatic carbocycles. The second-order valence-electron chi connectivity index (χ2n) is 8.95. The maximum absolute atomic E-state index is 13.0. The van der Waals surface area contributed by atoms with Gasteiger partial charge in [-0.05, 0) is 44.0 Å². The average Bonchev–Trinajstić information content (AvgIpc) is 3.02. The van der Waals surface area contributed by atoms with Crippen molar-refractivity contribution in [2.75, 3.05) is 25.5 Å². The number of rotatable bonds is 7. The van der Waals surface area contributed by atoms with Crippen LogP contribution in [0.2, 0.25) is 0 Å². The van der Waals surface area contributed by atoms with Gasteiger partial charge in [-0.25, -0.2) is 4.79 Å². The fourth-order valence-electron chi connectivity index (χ4n) is 4.57. The van der Waals surface area contributed by atoms with Crippen molar-refractivity contribution in [3.05, 3.63) is 54.1 Å². The number of amides is 4. The number of aryl methyl sites for hydroxylation is 1. The van der Waals surface area contributed by atoms with E-state index in [-0.39, 0.29) is 5.91 Å². The lowest BCUT2D eigenvalue weighted by Gasteiger charge is -2.35. The molecule has 1 aliphatic heterocycles. The number of hydrogen-bond donors (Lipinski definition) is 1. The molecule has 0 unspecified atom stereocenters. The van der Waals surface area contributed by atoms with Crippen molar-refractivity contribution < 1.29 is 28.7 Å². The average molecular weight is 480 g/mol. The quantitative estimate of drug-likeness (QED) is 0.478. The van der Waals surface area contributed by atoms with Gasteiger partial charge in [0.25, 0.3) is 11.8 Å². The van der Waals surface area contributed by atoms with Crippen LogP contribution < -0.4 is 10.1 Å². The molecule has 35 heavy (non-hydrogen) atoms. The molecule has 1 heterocycles. The zero-order valence-corrected chi connectivity index (χ0v) is 19.9. The van der Waals surface area contributed by atoms with Gasteiger partial charge >= 0.3 is 12.0 Å². The van der Waals surface area contributed by atoms with Gasteiger partial charge in [0, 0.05) is 7.05 Å². The maximum atomic E-state index is 13.0. The largest absolute Gasteiger partial charge is 0.455 e. The second-order valence-corrected chi connectivity index (χ2v) is 8.95. The zero-order chi connectivity index (χ0) is 25.0. The first-order valence-corrected chi connectivity index (χ1v) is 11.7. The van der Waals surface area contributed by atoms with Crippen molar-refractivity contribution in [1.82, 2.24) is 9.80 Å². The van der Waals surface area contributed by atoms with Crippen molar-refractivity contribution >= 4 is 29.5 Å². The number of imide groups is 1. The molecule has 4 amide bonds. The predicted molar refractivity (Wildman–Crippen MR) is 128 cm³/mol. The Bertz CT molecular complexity index is 1120. The van der Waals surface area contributed by atoms with Gasteiger partial charge in [0.05, 0.1) is 5.69 Å². The molecular weight excluding hydrogens is 450 g/mol. The number of carbonyl (C=O) groups is 4. The van der Waals surface area contributed by atoms with E-state index in [1.54, 1.807) is 31.3 Å². The SMILES string of the molecule is Cc1ccc(Oc2ccccc2NC(=O)COC(=O)CN2C(=O)N(C)C3(CCCCC3)C2=O)cc1. The van der Waals surface area contributed by atoms with Crippen molar-refractivity contribution in [1.29, 1.82) is 0 Å². The first kappa shape index (κ1) is 24.3. The second kappa shape index (κ2) is 10.2. The summed E-state index contributed by atoms with van der Waals surface area (Å²) in [5.74, 6) is -0.715. The first-order valence-electron chi connectivity index (χ1n) is 11.7. The van der Waals surface area contributed by atoms with E-state index in [0.717, 1.165) is 29.7 Å². The number of nitrogens with zero attached hydrogens (tertiary/aromatic N) is 2. The van der Waals surface area contributed by atoms with Crippen molar-refractivity contribution in [2.45, 2.75) is 44.6 Å². The van der Waals surface area contributed by atoms with Gasteiger partial charge in [0.15, 0.2) is 12.4 Å². The summed E-state index contributed by atoms with van der Waals surface area (Å²) in [6.07, 6.45) is 3.92. The normalized spacial score (nSPS) is 17.0. The number of anilines is 1. The summed E-state index contributed by atoms with van der Waals surface area (Å²) in [7, 11) is 1.60. The molecule has 1 N–H and O–H groups in total. The lowest BCUT2D eigenvalue weighted by atomic mass is 9.81. The number of urea groups is 1. The van der Waals surface area contributed by atoms with Crippen LogP contribution in [0.25, 0.3) is 0 Å². The molecule has 1 saturated carbocycles. The molecule has 1 spiro atoms. The van der Waals surface area contributed by atoms with Gasteiger partial charge in [-0.3, -0.25) is 19.3 Å². The lowest BCUT2D eigenvalue weighted by Crippen LogP contribution is -2.49. The van der Waals surface area contributed by atoms with Crippen LogP contribution in [0, 0.1) is 6.92 Å². The minimum Gasteiger partial charge on any atom is -0.455 e. The maximum Gasteiger partial charge on any atom is 0.327 e. The number of ether oxygens (including phenoxy) is 2. The molecule has 2 aromatic carbocycles. The van der Waals surface area contributed by atoms with E-state index in [0.29, 0.717) is 30.0 Å². The molecule has 4 rings (SSSR count). The third kappa shape index (κ3) is 5.13. The van der Waals surface area contributed by atoms with Gasteiger partial charge in [-0.15, -0.1) is 0 Å². The Hall–Kier alpha value is -3.88. The molecule has 1 saturated heterocycles. The fraction of sp³-hybridized carbons (Fsp3) is 0.385. The molecule has 0 atom stereocenters. The fourth-order valence-corrected chi connectivity index (χ4v) is 4.57. The van der Waals surface area contributed by atoms with E-state index in [2.05, 4.69) is 5.32 Å². The monoisotopic (exact) mass is 479 g/mol. The van der Waals surface area contributed by atoms with E-state index < -0.39 is 36.6 Å². The summed E-state index contributed by atoms with van der Waals surface area (Å²) in [6.45, 7) is 0.889. The van der Waals surface area contributed by atoms with Crippen LogP contribution in [0.1, 0.15) is 37.7 Å². The van der Waals surface area contributed by atoms with Crippen LogP contribution in [0.5, 0.6) is 11.5 Å². The van der Waals surface area contributed by atoms with E-state index in [1.807, 2.05) is 31.2 Å². The topological polar surface area (TPSA) is 105 Å². The number of esters is 1. The number of nitrogens with one attached hydrogen (secondary N) is 1. The summed E-state index contributed by atoms with van der Waals surface area (Å²) >= 11 is 0. The third-order valence-corrected chi connectivity index (χ3v) is 6.55. The summed E-state index contributed by atoms with van der Waals surface area (Å²) in [6, 6.07) is 13.9. The van der Waals surface area contributed by atoms with Crippen LogP contribution >= 0.6 is 0 Å². The Morgan fingerprint density at radius 3 is 2.40 bits per heavy atom. The van der Waals surface area contributed by atoms with E-state index in [4.69, 9.17) is 9.47 Å². The summed E-state index contributed by atoms with van der Waals surface area (Å²) in [5.41, 5.74) is 0.646. The summed E-state index contributed by atoms with van der Waals surface area (Å²) in [5, 5.41) is 2.67. The van der Waals surface area contributed by atoms with Crippen LogP contribution in [-0.4, -0.2) is 59.4 Å². The predicted octanol–water partition coefficient (Wildman–Crippen LogP) is 3.87. The van der Waals surface area contributed by atoms with Gasteiger partial charge in [-0.1, -0.05) is 49.1 Å². The van der Waals surface area contributed by atoms with E-state index >= 15 is 0 Å². The molecule has 184 valence electrons. The standard InChI is InChI=1S/C26H29N3O6/c1-18-10-12-19(13-11-18)35-21-9-5-4-8-20(21)27-22(30)17-34-23(31)16-29-24(32)26(28(2)25(29)33)14-6-3-7-15-26/h4-5,8-13H,3,6-7,14-17H2,1-2H3,(H,27,30). The Balaban J connectivity index is 1.32. The zero-order valence-electron chi connectivity index (χ0n) is 19.9. The summed E-state index contributed by atoms with van der Waals surface area (Å²) in [4.78, 5) is 52.8. The minimum atomic E-state index is -0.867. The Morgan fingerprint density at radius 2 is 1.69 bits per heavy atom. The number of para-hydroxylation sites is 2. The molecule has 0 bridgehead atoms. The smallest absolute Gasteiger partial charge is 0.327 e. The Morgan fingerprint density at radius 1 is 1.00 bits per heavy atom. The number of carbonyl (C=O) groups excluding carboxylic acids is 4. The molecule has 2 fully saturated rings. The van der Waals surface area contributed by atoms with E-state index in [9.17, 15) is 19.2 Å². The number of likely N-dealkylation sites (N-methyl/N-ethyl adjacent to an activating group) is 1. The highest BCUT2D eigenvalue weighted by Gasteiger charge is 2.55. The number of hydrogen-bond acceptors (Lipinski definition) is 6. The molecule has 9 nitrogen and oxygen atoms in total. The minimum absolute atomic E-state index is 0.367. The molecule has 0 radical (unpaired) electrons. The van der Waals surface area contributed by atoms with Crippen LogP contribution in [-0.2, 0) is 19.1 Å². The molecule has 2 aromatic rings. The van der Waals surface area contributed by atoms with Crippen LogP contribution in [0.4, 0.5) is 10.5 Å².